The summed E-state index contributed by atoms with van der Waals surface area (Å²) in [6.07, 6.45) is 0. The zero-order valence-electron chi connectivity index (χ0n) is 10.8. The first kappa shape index (κ1) is 11.2. The molecule has 4 rings (SSSR count). The Morgan fingerprint density at radius 2 is 1.65 bits per heavy atom. The fraction of sp³-hybridized carbons (Fsp3) is 0.133. The Hall–Kier alpha value is -2.69. The fourth-order valence-electron chi connectivity index (χ4n) is 2.60. The van der Waals surface area contributed by atoms with Crippen molar-refractivity contribution in [2.24, 2.45) is 0 Å². The molecule has 0 amide bonds. The highest BCUT2D eigenvalue weighted by Gasteiger charge is 2.23. The Bertz CT molecular complexity index is 735. The zero-order valence-corrected chi connectivity index (χ0v) is 10.8. The smallest absolute Gasteiger partial charge is 0.176 e. The lowest BCUT2D eigenvalue weighted by molar-refractivity contribution is 0.678. The van der Waals surface area contributed by atoms with Gasteiger partial charge in [-0.05, 0) is 28.1 Å². The minimum absolute atomic E-state index is 0.721. The second kappa shape index (κ2) is 4.45. The molecule has 1 aromatic heterocycles. The summed E-state index contributed by atoms with van der Waals surface area (Å²) >= 11 is 0. The van der Waals surface area contributed by atoms with E-state index in [1.165, 1.54) is 5.56 Å². The van der Waals surface area contributed by atoms with Crippen molar-refractivity contribution in [2.45, 2.75) is 13.1 Å². The largest absolute Gasteiger partial charge is 0.358 e. The molecule has 5 nitrogen and oxygen atoms in total. The lowest BCUT2D eigenvalue weighted by Crippen LogP contribution is -2.29. The molecule has 2 heterocycles. The van der Waals surface area contributed by atoms with E-state index in [1.807, 2.05) is 28.9 Å². The average molecular weight is 263 g/mol. The highest BCUT2D eigenvalue weighted by Crippen LogP contribution is 2.30. The van der Waals surface area contributed by atoms with Gasteiger partial charge < -0.3 is 4.90 Å². The molecule has 20 heavy (non-hydrogen) atoms. The molecule has 0 radical (unpaired) electrons. The van der Waals surface area contributed by atoms with E-state index in [1.54, 1.807) is 0 Å². The van der Waals surface area contributed by atoms with E-state index < -0.39 is 0 Å². The van der Waals surface area contributed by atoms with Gasteiger partial charge in [-0.2, -0.15) is 4.68 Å². The van der Waals surface area contributed by atoms with Gasteiger partial charge >= 0.3 is 0 Å². The summed E-state index contributed by atoms with van der Waals surface area (Å²) in [7, 11) is 0. The van der Waals surface area contributed by atoms with E-state index in [9.17, 15) is 0 Å². The topological polar surface area (TPSA) is 46.8 Å². The third kappa shape index (κ3) is 1.75. The Labute approximate surface area is 116 Å². The van der Waals surface area contributed by atoms with Crippen LogP contribution in [-0.2, 0) is 13.1 Å². The van der Waals surface area contributed by atoms with Gasteiger partial charge in [-0.25, -0.2) is 0 Å². The lowest BCUT2D eigenvalue weighted by Gasteiger charge is -2.30. The lowest BCUT2D eigenvalue weighted by atomic mass is 10.1. The second-order valence-corrected chi connectivity index (χ2v) is 4.84. The number of aromatic nitrogens is 4. The fourth-order valence-corrected chi connectivity index (χ4v) is 2.60. The van der Waals surface area contributed by atoms with E-state index in [-0.39, 0.29) is 0 Å². The minimum atomic E-state index is 0.721. The Kier molecular flexibility index (Phi) is 2.48. The van der Waals surface area contributed by atoms with Crippen LogP contribution in [0.5, 0.6) is 0 Å². The molecule has 0 unspecified atom stereocenters. The maximum absolute atomic E-state index is 4.11. The maximum Gasteiger partial charge on any atom is 0.176 e. The number of benzene rings is 2. The van der Waals surface area contributed by atoms with E-state index in [4.69, 9.17) is 0 Å². The molecule has 0 atom stereocenters. The Morgan fingerprint density at radius 1 is 0.900 bits per heavy atom. The number of para-hydroxylation sites is 2. The molecule has 0 spiro atoms. The van der Waals surface area contributed by atoms with E-state index in [0.29, 0.717) is 0 Å². The summed E-state index contributed by atoms with van der Waals surface area (Å²) in [4.78, 5) is 2.30. The first-order chi connectivity index (χ1) is 9.92. The summed E-state index contributed by atoms with van der Waals surface area (Å²) in [6, 6.07) is 18.7. The van der Waals surface area contributed by atoms with Crippen LogP contribution in [0.3, 0.4) is 0 Å². The molecule has 3 aromatic rings. The van der Waals surface area contributed by atoms with Gasteiger partial charge in [-0.1, -0.05) is 42.5 Å². The molecule has 5 heteroatoms. The highest BCUT2D eigenvalue weighted by molar-refractivity contribution is 5.64. The first-order valence-electron chi connectivity index (χ1n) is 6.57. The van der Waals surface area contributed by atoms with Crippen LogP contribution in [0, 0.1) is 0 Å². The predicted molar refractivity (Wildman–Crippen MR) is 75.5 cm³/mol. The van der Waals surface area contributed by atoms with Gasteiger partial charge in [-0.15, -0.1) is 5.10 Å². The van der Waals surface area contributed by atoms with Crippen molar-refractivity contribution in [2.75, 3.05) is 4.90 Å². The molecule has 2 aromatic carbocycles. The van der Waals surface area contributed by atoms with E-state index in [0.717, 1.165) is 30.3 Å². The van der Waals surface area contributed by atoms with Crippen LogP contribution in [0.4, 0.5) is 5.69 Å². The van der Waals surface area contributed by atoms with Crippen LogP contribution < -0.4 is 4.90 Å². The molecule has 0 saturated heterocycles. The van der Waals surface area contributed by atoms with Gasteiger partial charge in [-0.3, -0.25) is 0 Å². The quantitative estimate of drug-likeness (QED) is 0.711. The number of rotatable bonds is 2. The molecule has 1 aliphatic rings. The average Bonchev–Trinajstić information content (AvgIpc) is 2.97. The van der Waals surface area contributed by atoms with Crippen molar-refractivity contribution in [3.8, 4) is 5.69 Å². The van der Waals surface area contributed by atoms with Crippen molar-refractivity contribution >= 4 is 5.69 Å². The van der Waals surface area contributed by atoms with Gasteiger partial charge in [0, 0.05) is 6.54 Å². The van der Waals surface area contributed by atoms with Crippen molar-refractivity contribution in [3.63, 3.8) is 0 Å². The number of tetrazole rings is 1. The molecule has 0 N–H and O–H groups in total. The van der Waals surface area contributed by atoms with Gasteiger partial charge in [0.25, 0.3) is 0 Å². The van der Waals surface area contributed by atoms with Crippen LogP contribution in [0.1, 0.15) is 11.4 Å². The highest BCUT2D eigenvalue weighted by atomic mass is 15.6. The Balaban J connectivity index is 1.76. The SMILES string of the molecule is c1ccc(CN2Cc3nnnn3-c3ccccc32)cc1. The molecule has 1 aliphatic heterocycles. The summed E-state index contributed by atoms with van der Waals surface area (Å²) in [5.74, 6) is 0.875. The summed E-state index contributed by atoms with van der Waals surface area (Å²) in [5, 5.41) is 12.0. The third-order valence-electron chi connectivity index (χ3n) is 3.53. The molecule has 0 bridgehead atoms. The Morgan fingerprint density at radius 3 is 2.50 bits per heavy atom. The summed E-state index contributed by atoms with van der Waals surface area (Å²) in [5.41, 5.74) is 3.48. The molecule has 0 aliphatic carbocycles. The van der Waals surface area contributed by atoms with Crippen molar-refractivity contribution in [3.05, 3.63) is 66.0 Å². The summed E-state index contributed by atoms with van der Waals surface area (Å²) in [6.45, 7) is 1.57. The molecular weight excluding hydrogens is 250 g/mol. The molecule has 0 saturated carbocycles. The van der Waals surface area contributed by atoms with Crippen LogP contribution in [0.2, 0.25) is 0 Å². The number of hydrogen-bond acceptors (Lipinski definition) is 4. The van der Waals surface area contributed by atoms with Crippen molar-refractivity contribution in [1.82, 2.24) is 20.2 Å². The van der Waals surface area contributed by atoms with Crippen LogP contribution in [0.15, 0.2) is 54.6 Å². The summed E-state index contributed by atoms with van der Waals surface area (Å²) < 4.78 is 1.82. The van der Waals surface area contributed by atoms with E-state index in [2.05, 4.69) is 50.8 Å². The van der Waals surface area contributed by atoms with Crippen molar-refractivity contribution in [1.29, 1.82) is 0 Å². The standard InChI is InChI=1S/C15H13N5/c1-2-6-12(7-3-1)10-19-11-15-16-17-18-20(15)14-9-5-4-8-13(14)19/h1-9H,10-11H2. The molecule has 98 valence electrons. The number of anilines is 1. The third-order valence-corrected chi connectivity index (χ3v) is 3.53. The van der Waals surface area contributed by atoms with Gasteiger partial charge in [0.05, 0.1) is 17.9 Å². The van der Waals surface area contributed by atoms with E-state index >= 15 is 0 Å². The normalized spacial score (nSPS) is 12.9. The maximum atomic E-state index is 4.11. The number of nitrogens with zero attached hydrogens (tertiary/aromatic N) is 5. The van der Waals surface area contributed by atoms with Gasteiger partial charge in [0.2, 0.25) is 0 Å². The van der Waals surface area contributed by atoms with Gasteiger partial charge in [0.15, 0.2) is 5.82 Å². The predicted octanol–water partition coefficient (Wildman–Crippen LogP) is 2.18. The monoisotopic (exact) mass is 263 g/mol. The van der Waals surface area contributed by atoms with Crippen LogP contribution in [-0.4, -0.2) is 20.2 Å². The number of fused-ring (bicyclic) bond motifs is 3. The second-order valence-electron chi connectivity index (χ2n) is 4.84. The van der Waals surface area contributed by atoms with Gasteiger partial charge in [0.1, 0.15) is 0 Å². The van der Waals surface area contributed by atoms with Crippen LogP contribution in [0.25, 0.3) is 5.69 Å². The molecular formula is C15H13N5. The number of hydrogen-bond donors (Lipinski definition) is 0. The molecule has 0 fully saturated rings. The van der Waals surface area contributed by atoms with Crippen LogP contribution >= 0.6 is 0 Å². The minimum Gasteiger partial charge on any atom is -0.358 e. The first-order valence-corrected chi connectivity index (χ1v) is 6.57. The zero-order chi connectivity index (χ0) is 13.4. The van der Waals surface area contributed by atoms with Crippen molar-refractivity contribution < 1.29 is 0 Å².